The van der Waals surface area contributed by atoms with Crippen LogP contribution in [0.1, 0.15) is 24.1 Å². The van der Waals surface area contributed by atoms with Crippen LogP contribution in [0, 0.1) is 0 Å². The number of aromatic nitrogens is 1. The number of sulfonamides is 1. The van der Waals surface area contributed by atoms with E-state index in [1.807, 2.05) is 36.4 Å². The highest BCUT2D eigenvalue weighted by atomic mass is 32.2. The van der Waals surface area contributed by atoms with Gasteiger partial charge in [0.05, 0.1) is 10.3 Å². The van der Waals surface area contributed by atoms with Gasteiger partial charge in [-0.05, 0) is 54.3 Å². The van der Waals surface area contributed by atoms with Crippen LogP contribution >= 0.6 is 0 Å². The van der Waals surface area contributed by atoms with Gasteiger partial charge in [-0.3, -0.25) is 9.78 Å². The van der Waals surface area contributed by atoms with Gasteiger partial charge in [0, 0.05) is 38.0 Å². The Balaban J connectivity index is 1.33. The van der Waals surface area contributed by atoms with Crippen molar-refractivity contribution in [2.45, 2.75) is 29.6 Å². The van der Waals surface area contributed by atoms with Crippen LogP contribution in [0.5, 0.6) is 11.5 Å². The Labute approximate surface area is 193 Å². The zero-order chi connectivity index (χ0) is 23.2. The first-order valence-electron chi connectivity index (χ1n) is 10.7. The summed E-state index contributed by atoms with van der Waals surface area (Å²) in [4.78, 5) is 17.9. The van der Waals surface area contributed by atoms with Gasteiger partial charge in [-0.2, -0.15) is 0 Å². The number of pyridine rings is 1. The molecule has 2 aliphatic rings. The number of carbonyl (C=O) groups is 1. The number of rotatable bonds is 7. The monoisotopic (exact) mass is 464 g/mol. The summed E-state index contributed by atoms with van der Waals surface area (Å²) in [5.74, 6) is 1.54. The lowest BCUT2D eigenvalue weighted by molar-refractivity contribution is -0.120. The molecule has 1 saturated carbocycles. The second-order valence-electron chi connectivity index (χ2n) is 8.60. The van der Waals surface area contributed by atoms with Gasteiger partial charge in [0.15, 0.2) is 11.5 Å². The highest BCUT2D eigenvalue weighted by Crippen LogP contribution is 2.51. The average Bonchev–Trinajstić information content (AvgIpc) is 3.50. The molecule has 0 radical (unpaired) electrons. The molecule has 5 rings (SSSR count). The van der Waals surface area contributed by atoms with Crippen LogP contribution in [0.25, 0.3) is 11.1 Å². The van der Waals surface area contributed by atoms with Gasteiger partial charge < -0.3 is 9.47 Å². The highest BCUT2D eigenvalue weighted by molar-refractivity contribution is 7.89. The number of hydrogen-bond acceptors (Lipinski definition) is 6. The second kappa shape index (κ2) is 7.97. The zero-order valence-corrected chi connectivity index (χ0v) is 19.3. The highest BCUT2D eigenvalue weighted by Gasteiger charge is 2.50. The van der Waals surface area contributed by atoms with Crippen LogP contribution in [0.15, 0.2) is 65.7 Å². The third-order valence-electron chi connectivity index (χ3n) is 6.32. The fourth-order valence-electron chi connectivity index (χ4n) is 4.13. The van der Waals surface area contributed by atoms with E-state index in [-0.39, 0.29) is 23.9 Å². The van der Waals surface area contributed by atoms with Crippen LogP contribution in [0.2, 0.25) is 0 Å². The molecule has 3 aromatic rings. The predicted octanol–water partition coefficient (Wildman–Crippen LogP) is 3.57. The van der Waals surface area contributed by atoms with Crippen molar-refractivity contribution in [1.82, 2.24) is 9.29 Å². The molecule has 1 fully saturated rings. The molecule has 7 nitrogen and oxygen atoms in total. The Morgan fingerprint density at radius 2 is 1.79 bits per heavy atom. The summed E-state index contributed by atoms with van der Waals surface area (Å²) in [5, 5.41) is 0. The van der Waals surface area contributed by atoms with Crippen LogP contribution < -0.4 is 9.47 Å². The molecule has 0 amide bonds. The van der Waals surface area contributed by atoms with Crippen LogP contribution in [0.4, 0.5) is 0 Å². The maximum Gasteiger partial charge on any atom is 0.242 e. The van der Waals surface area contributed by atoms with Gasteiger partial charge in [-0.25, -0.2) is 12.7 Å². The summed E-state index contributed by atoms with van der Waals surface area (Å²) in [5.41, 5.74) is 2.72. The summed E-state index contributed by atoms with van der Waals surface area (Å²) in [6.45, 7) is 0.208. The Morgan fingerprint density at radius 1 is 1.00 bits per heavy atom. The molecule has 0 N–H and O–H groups in total. The Kier molecular flexibility index (Phi) is 5.22. The summed E-state index contributed by atoms with van der Waals surface area (Å²) in [6.07, 6.45) is 3.56. The smallest absolute Gasteiger partial charge is 0.242 e. The minimum absolute atomic E-state index is 0.140. The van der Waals surface area contributed by atoms with Crippen molar-refractivity contribution in [3.8, 4) is 22.6 Å². The maximum atomic E-state index is 13.2. The van der Waals surface area contributed by atoms with E-state index in [1.54, 1.807) is 24.4 Å². The number of fused-ring (bicyclic) bond motifs is 1. The quantitative estimate of drug-likeness (QED) is 0.531. The third kappa shape index (κ3) is 3.89. The standard InChI is InChI=1S/C25H24N2O5S/c1-27(2)33(29,30)21-5-3-4-17(12-21)18-6-8-20(26-15-18)14-24(28)25(10-11-25)19-7-9-22-23(13-19)32-16-31-22/h3-9,12-13,15H,10-11,14,16H2,1-2H3. The molecule has 8 heteroatoms. The lowest BCUT2D eigenvalue weighted by atomic mass is 9.88. The SMILES string of the molecule is CN(C)S(=O)(=O)c1cccc(-c2ccc(CC(=O)C3(c4ccc5c(c4)OCO5)CC3)nc2)c1. The van der Waals surface area contributed by atoms with Crippen molar-refractivity contribution in [2.75, 3.05) is 20.9 Å². The molecule has 0 unspecified atom stereocenters. The molecule has 1 aliphatic carbocycles. The number of hydrogen-bond donors (Lipinski definition) is 0. The van der Waals surface area contributed by atoms with Gasteiger partial charge in [0.1, 0.15) is 5.78 Å². The van der Waals surface area contributed by atoms with Crippen LogP contribution in [0.3, 0.4) is 0 Å². The zero-order valence-electron chi connectivity index (χ0n) is 18.4. The molecule has 0 spiro atoms. The van der Waals surface area contributed by atoms with E-state index >= 15 is 0 Å². The normalized spacial score (nSPS) is 16.1. The molecule has 2 heterocycles. The van der Waals surface area contributed by atoms with E-state index in [1.165, 1.54) is 18.4 Å². The lowest BCUT2D eigenvalue weighted by Gasteiger charge is -2.15. The predicted molar refractivity (Wildman–Crippen MR) is 123 cm³/mol. The van der Waals surface area contributed by atoms with Crippen LogP contribution in [-0.4, -0.2) is 44.4 Å². The molecule has 33 heavy (non-hydrogen) atoms. The van der Waals surface area contributed by atoms with Gasteiger partial charge >= 0.3 is 0 Å². The largest absolute Gasteiger partial charge is 0.454 e. The number of benzene rings is 2. The average molecular weight is 465 g/mol. The van der Waals surface area contributed by atoms with Crippen molar-refractivity contribution in [1.29, 1.82) is 0 Å². The molecule has 170 valence electrons. The molecule has 0 atom stereocenters. The van der Waals surface area contributed by atoms with Crippen LogP contribution in [-0.2, 0) is 26.7 Å². The van der Waals surface area contributed by atoms with Crippen molar-refractivity contribution >= 4 is 15.8 Å². The third-order valence-corrected chi connectivity index (χ3v) is 8.13. The lowest BCUT2D eigenvalue weighted by Crippen LogP contribution is -2.23. The molecular formula is C25H24N2O5S. The second-order valence-corrected chi connectivity index (χ2v) is 10.8. The maximum absolute atomic E-state index is 13.2. The van der Waals surface area contributed by atoms with Crippen molar-refractivity contribution in [2.24, 2.45) is 0 Å². The van der Waals surface area contributed by atoms with Crippen molar-refractivity contribution in [3.63, 3.8) is 0 Å². The van der Waals surface area contributed by atoms with E-state index in [9.17, 15) is 13.2 Å². The Hall–Kier alpha value is -3.23. The van der Waals surface area contributed by atoms with E-state index in [2.05, 4.69) is 4.98 Å². The van der Waals surface area contributed by atoms with Gasteiger partial charge in [-0.1, -0.05) is 24.3 Å². The van der Waals surface area contributed by atoms with E-state index in [4.69, 9.17) is 9.47 Å². The molecule has 2 aromatic carbocycles. The van der Waals surface area contributed by atoms with Gasteiger partial charge in [-0.15, -0.1) is 0 Å². The number of ketones is 1. The molecule has 0 bridgehead atoms. The first kappa shape index (κ1) is 21.6. The molecule has 0 saturated heterocycles. The number of Topliss-reactive ketones (excluding diaryl/α,β-unsaturated/α-hetero) is 1. The fourth-order valence-corrected chi connectivity index (χ4v) is 5.08. The topological polar surface area (TPSA) is 85.8 Å². The van der Waals surface area contributed by atoms with E-state index in [0.717, 1.165) is 29.5 Å². The summed E-state index contributed by atoms with van der Waals surface area (Å²) < 4.78 is 36.9. The minimum atomic E-state index is -3.52. The summed E-state index contributed by atoms with van der Waals surface area (Å²) in [7, 11) is -0.509. The van der Waals surface area contributed by atoms with Gasteiger partial charge in [0.25, 0.3) is 0 Å². The summed E-state index contributed by atoms with van der Waals surface area (Å²) >= 11 is 0. The molecule has 1 aromatic heterocycles. The van der Waals surface area contributed by atoms with Crippen molar-refractivity contribution in [3.05, 3.63) is 72.1 Å². The number of carbonyl (C=O) groups excluding carboxylic acids is 1. The van der Waals surface area contributed by atoms with Crippen molar-refractivity contribution < 1.29 is 22.7 Å². The minimum Gasteiger partial charge on any atom is -0.454 e. The van der Waals surface area contributed by atoms with E-state index < -0.39 is 15.4 Å². The van der Waals surface area contributed by atoms with E-state index in [0.29, 0.717) is 17.2 Å². The first-order chi connectivity index (χ1) is 15.8. The van der Waals surface area contributed by atoms with Gasteiger partial charge in [0.2, 0.25) is 16.8 Å². The fraction of sp³-hybridized carbons (Fsp3) is 0.280. The molecule has 1 aliphatic heterocycles. The summed E-state index contributed by atoms with van der Waals surface area (Å²) in [6, 6.07) is 16.2. The first-order valence-corrected chi connectivity index (χ1v) is 12.1. The Morgan fingerprint density at radius 3 is 2.48 bits per heavy atom. The number of nitrogens with zero attached hydrogens (tertiary/aromatic N) is 2. The number of ether oxygens (including phenoxy) is 2. The Bertz CT molecular complexity index is 1330. The molecular weight excluding hydrogens is 440 g/mol.